The van der Waals surface area contributed by atoms with Crippen molar-refractivity contribution in [3.63, 3.8) is 0 Å². The van der Waals surface area contributed by atoms with E-state index in [1.807, 2.05) is 0 Å². The van der Waals surface area contributed by atoms with Gasteiger partial charge in [-0.3, -0.25) is 0 Å². The van der Waals surface area contributed by atoms with Gasteiger partial charge in [-0.25, -0.2) is 0 Å². The zero-order valence-electron chi connectivity index (χ0n) is 10.7. The lowest BCUT2D eigenvalue weighted by atomic mass is 9.84. The first kappa shape index (κ1) is 10.8. The number of fused-ring (bicyclic) bond motifs is 1. The summed E-state index contributed by atoms with van der Waals surface area (Å²) < 4.78 is 0. The molecular weight excluding hydrogens is 206 g/mol. The van der Waals surface area contributed by atoms with Gasteiger partial charge < -0.3 is 0 Å². The van der Waals surface area contributed by atoms with Crippen molar-refractivity contribution >= 4 is 0 Å². The average Bonchev–Trinajstić information content (AvgIpc) is 2.92. The lowest BCUT2D eigenvalue weighted by molar-refractivity contribution is 0.568. The molecule has 0 aromatic heterocycles. The molecule has 1 fully saturated rings. The Morgan fingerprint density at radius 2 is 1.76 bits per heavy atom. The van der Waals surface area contributed by atoms with Gasteiger partial charge in [0.2, 0.25) is 0 Å². The van der Waals surface area contributed by atoms with Gasteiger partial charge in [-0.15, -0.1) is 0 Å². The van der Waals surface area contributed by atoms with Crippen LogP contribution in [0.4, 0.5) is 0 Å². The zero-order chi connectivity index (χ0) is 12.1. The van der Waals surface area contributed by atoms with Gasteiger partial charge in [0.1, 0.15) is 0 Å². The minimum absolute atomic E-state index is 0.157. The van der Waals surface area contributed by atoms with Crippen molar-refractivity contribution < 1.29 is 0 Å². The van der Waals surface area contributed by atoms with Crippen LogP contribution < -0.4 is 0 Å². The molecule has 0 N–H and O–H groups in total. The topological polar surface area (TPSA) is 23.8 Å². The third-order valence-electron chi connectivity index (χ3n) is 4.77. The van der Waals surface area contributed by atoms with E-state index in [9.17, 15) is 5.26 Å². The van der Waals surface area contributed by atoms with Crippen LogP contribution >= 0.6 is 0 Å². The summed E-state index contributed by atoms with van der Waals surface area (Å²) in [7, 11) is 0. The quantitative estimate of drug-likeness (QED) is 0.714. The number of benzene rings is 1. The number of hydrogen-bond acceptors (Lipinski definition) is 1. The molecule has 0 spiro atoms. The van der Waals surface area contributed by atoms with E-state index in [2.05, 4.69) is 38.1 Å². The standard InChI is InChI=1S/C16H19N/c1-15(2)10-16(15,11-17)14-8-7-12-5-3-4-6-13(12)9-14/h7-9H,3-6,10H2,1-2H3. The zero-order valence-corrected chi connectivity index (χ0v) is 10.7. The van der Waals surface area contributed by atoms with E-state index >= 15 is 0 Å². The lowest BCUT2D eigenvalue weighted by Gasteiger charge is -2.19. The highest BCUT2D eigenvalue weighted by Gasteiger charge is 2.63. The Morgan fingerprint density at radius 3 is 2.35 bits per heavy atom. The van der Waals surface area contributed by atoms with Crippen LogP contribution in [0.5, 0.6) is 0 Å². The monoisotopic (exact) mass is 225 g/mol. The molecule has 0 heterocycles. The van der Waals surface area contributed by atoms with Gasteiger partial charge in [0.25, 0.3) is 0 Å². The number of hydrogen-bond donors (Lipinski definition) is 0. The Morgan fingerprint density at radius 1 is 1.12 bits per heavy atom. The summed E-state index contributed by atoms with van der Waals surface area (Å²) in [4.78, 5) is 0. The van der Waals surface area contributed by atoms with Gasteiger partial charge in [-0.05, 0) is 54.2 Å². The molecule has 1 saturated carbocycles. The molecule has 0 saturated heterocycles. The van der Waals surface area contributed by atoms with E-state index in [0.717, 1.165) is 6.42 Å². The largest absolute Gasteiger partial charge is 0.197 e. The Balaban J connectivity index is 2.03. The van der Waals surface area contributed by atoms with E-state index in [1.54, 1.807) is 0 Å². The number of nitriles is 1. The summed E-state index contributed by atoms with van der Waals surface area (Å²) in [5, 5.41) is 9.50. The average molecular weight is 225 g/mol. The number of aryl methyl sites for hydroxylation is 2. The second-order valence-corrected chi connectivity index (χ2v) is 6.27. The summed E-state index contributed by atoms with van der Waals surface area (Å²) in [5.41, 5.74) is 4.20. The second kappa shape index (κ2) is 3.35. The normalized spacial score (nSPS) is 29.2. The van der Waals surface area contributed by atoms with Crippen LogP contribution in [0.15, 0.2) is 18.2 Å². The molecule has 1 atom stereocenters. The number of nitrogens with zero attached hydrogens (tertiary/aromatic N) is 1. The van der Waals surface area contributed by atoms with Crippen molar-refractivity contribution in [2.24, 2.45) is 5.41 Å². The van der Waals surface area contributed by atoms with E-state index in [0.29, 0.717) is 0 Å². The molecular formula is C16H19N. The molecule has 88 valence electrons. The smallest absolute Gasteiger partial charge is 0.0879 e. The van der Waals surface area contributed by atoms with Crippen molar-refractivity contribution in [2.45, 2.75) is 51.4 Å². The van der Waals surface area contributed by atoms with Gasteiger partial charge in [-0.1, -0.05) is 32.0 Å². The molecule has 1 heteroatoms. The van der Waals surface area contributed by atoms with Crippen LogP contribution in [0.25, 0.3) is 0 Å². The summed E-state index contributed by atoms with van der Waals surface area (Å²) >= 11 is 0. The fraction of sp³-hybridized carbons (Fsp3) is 0.562. The minimum Gasteiger partial charge on any atom is -0.197 e. The second-order valence-electron chi connectivity index (χ2n) is 6.27. The van der Waals surface area contributed by atoms with Crippen LogP contribution in [0.2, 0.25) is 0 Å². The third-order valence-corrected chi connectivity index (χ3v) is 4.77. The van der Waals surface area contributed by atoms with Crippen LogP contribution in [-0.4, -0.2) is 0 Å². The van der Waals surface area contributed by atoms with Crippen molar-refractivity contribution in [1.82, 2.24) is 0 Å². The highest BCUT2D eigenvalue weighted by molar-refractivity contribution is 5.48. The van der Waals surface area contributed by atoms with Crippen molar-refractivity contribution in [3.05, 3.63) is 34.9 Å². The Labute approximate surface area is 103 Å². The fourth-order valence-corrected chi connectivity index (χ4v) is 3.37. The van der Waals surface area contributed by atoms with Gasteiger partial charge in [0.15, 0.2) is 0 Å². The molecule has 1 unspecified atom stereocenters. The maximum Gasteiger partial charge on any atom is 0.0879 e. The van der Waals surface area contributed by atoms with E-state index in [4.69, 9.17) is 0 Å². The Bertz CT molecular complexity index is 507. The molecule has 17 heavy (non-hydrogen) atoms. The predicted octanol–water partition coefficient (Wildman–Crippen LogP) is 3.76. The first-order chi connectivity index (χ1) is 8.09. The predicted molar refractivity (Wildman–Crippen MR) is 68.8 cm³/mol. The molecule has 1 aromatic carbocycles. The van der Waals surface area contributed by atoms with E-state index < -0.39 is 0 Å². The third kappa shape index (κ3) is 1.43. The first-order valence-corrected chi connectivity index (χ1v) is 6.63. The summed E-state index contributed by atoms with van der Waals surface area (Å²) in [6, 6.07) is 9.34. The van der Waals surface area contributed by atoms with E-state index in [-0.39, 0.29) is 10.8 Å². The highest BCUT2D eigenvalue weighted by Crippen LogP contribution is 2.64. The van der Waals surface area contributed by atoms with Crippen LogP contribution in [0.1, 0.15) is 49.8 Å². The summed E-state index contributed by atoms with van der Waals surface area (Å²) in [5.74, 6) is 0. The van der Waals surface area contributed by atoms with Gasteiger partial charge in [0, 0.05) is 0 Å². The van der Waals surface area contributed by atoms with Crippen molar-refractivity contribution in [1.29, 1.82) is 5.26 Å². The maximum atomic E-state index is 9.50. The molecule has 3 rings (SSSR count). The maximum absolute atomic E-state index is 9.50. The van der Waals surface area contributed by atoms with Gasteiger partial charge >= 0.3 is 0 Å². The SMILES string of the molecule is CC1(C)CC1(C#N)c1ccc2c(c1)CCCC2. The molecule has 0 amide bonds. The fourth-order valence-electron chi connectivity index (χ4n) is 3.37. The minimum atomic E-state index is -0.209. The molecule has 1 nitrogen and oxygen atoms in total. The molecule has 1 aromatic rings. The van der Waals surface area contributed by atoms with Gasteiger partial charge in [-0.2, -0.15) is 5.26 Å². The van der Waals surface area contributed by atoms with Gasteiger partial charge in [0.05, 0.1) is 11.5 Å². The molecule has 2 aliphatic carbocycles. The van der Waals surface area contributed by atoms with E-state index in [1.165, 1.54) is 42.4 Å². The Hall–Kier alpha value is -1.29. The van der Waals surface area contributed by atoms with Crippen LogP contribution in [0.3, 0.4) is 0 Å². The van der Waals surface area contributed by atoms with Crippen LogP contribution in [0, 0.1) is 16.7 Å². The summed E-state index contributed by atoms with van der Waals surface area (Å²) in [6.45, 7) is 4.41. The molecule has 0 radical (unpaired) electrons. The Kier molecular flexibility index (Phi) is 2.14. The highest BCUT2D eigenvalue weighted by atomic mass is 14.6. The van der Waals surface area contributed by atoms with Crippen molar-refractivity contribution in [3.8, 4) is 6.07 Å². The molecule has 0 aliphatic heterocycles. The summed E-state index contributed by atoms with van der Waals surface area (Å²) in [6.07, 6.45) is 6.06. The molecule has 0 bridgehead atoms. The molecule has 2 aliphatic rings. The van der Waals surface area contributed by atoms with Crippen LogP contribution in [-0.2, 0) is 18.3 Å². The lowest BCUT2D eigenvalue weighted by Crippen LogP contribution is -2.13. The number of rotatable bonds is 1. The first-order valence-electron chi connectivity index (χ1n) is 6.63. The van der Waals surface area contributed by atoms with Crippen molar-refractivity contribution in [2.75, 3.05) is 0 Å².